The van der Waals surface area contributed by atoms with Crippen molar-refractivity contribution in [2.75, 3.05) is 11.9 Å². The van der Waals surface area contributed by atoms with Crippen LogP contribution in [0, 0.1) is 12.3 Å². The number of carbonyl (C=O) groups excluding carboxylic acids is 2. The van der Waals surface area contributed by atoms with Crippen LogP contribution >= 0.6 is 0 Å². The Labute approximate surface area is 92.8 Å². The van der Waals surface area contributed by atoms with E-state index in [1.165, 1.54) is 19.2 Å². The van der Waals surface area contributed by atoms with Crippen LogP contribution < -0.4 is 5.32 Å². The molecule has 16 heavy (non-hydrogen) atoms. The first-order valence-corrected chi connectivity index (χ1v) is 4.48. The van der Waals surface area contributed by atoms with E-state index < -0.39 is 5.97 Å². The van der Waals surface area contributed by atoms with Crippen molar-refractivity contribution in [3.63, 3.8) is 0 Å². The molecule has 1 heterocycles. The Morgan fingerprint density at radius 2 is 2.38 bits per heavy atom. The number of aromatic nitrogens is 1. The van der Waals surface area contributed by atoms with Gasteiger partial charge in [0, 0.05) is 13.1 Å². The summed E-state index contributed by atoms with van der Waals surface area (Å²) in [4.78, 5) is 26.2. The molecule has 0 saturated heterocycles. The summed E-state index contributed by atoms with van der Waals surface area (Å²) in [7, 11) is 0. The van der Waals surface area contributed by atoms with Crippen LogP contribution in [0.3, 0.4) is 0 Å². The highest BCUT2D eigenvalue weighted by Gasteiger charge is 2.13. The van der Waals surface area contributed by atoms with E-state index in [1.54, 1.807) is 6.07 Å². The maximum absolute atomic E-state index is 11.5. The Balaban J connectivity index is 2.90. The number of hydrogen-bond donors (Lipinski definition) is 1. The Bertz CT molecular complexity index is 449. The van der Waals surface area contributed by atoms with Crippen molar-refractivity contribution in [1.82, 2.24) is 4.98 Å². The number of carbonyl (C=O) groups is 2. The number of hydrogen-bond acceptors (Lipinski definition) is 4. The van der Waals surface area contributed by atoms with Crippen LogP contribution in [-0.2, 0) is 9.53 Å². The van der Waals surface area contributed by atoms with Crippen molar-refractivity contribution < 1.29 is 14.3 Å². The molecule has 0 spiro atoms. The Kier molecular flexibility index (Phi) is 4.04. The molecule has 0 aliphatic heterocycles. The number of amides is 1. The summed E-state index contributed by atoms with van der Waals surface area (Å²) in [5.41, 5.74) is 0.174. The zero-order valence-electron chi connectivity index (χ0n) is 8.69. The molecule has 0 unspecified atom stereocenters. The van der Waals surface area contributed by atoms with E-state index >= 15 is 0 Å². The van der Waals surface area contributed by atoms with E-state index in [1.807, 2.05) is 0 Å². The van der Waals surface area contributed by atoms with E-state index in [9.17, 15) is 9.59 Å². The molecular weight excluding hydrogens is 208 g/mol. The van der Waals surface area contributed by atoms with Crippen LogP contribution in [0.1, 0.15) is 17.3 Å². The molecule has 0 aliphatic carbocycles. The highest BCUT2D eigenvalue weighted by atomic mass is 16.5. The van der Waals surface area contributed by atoms with E-state index in [4.69, 9.17) is 11.2 Å². The summed E-state index contributed by atoms with van der Waals surface area (Å²) >= 11 is 0. The first-order chi connectivity index (χ1) is 7.65. The zero-order valence-corrected chi connectivity index (χ0v) is 8.69. The molecular formula is C11H10N2O3. The molecule has 0 aliphatic rings. The smallest absolute Gasteiger partial charge is 0.342 e. The molecule has 5 heteroatoms. The van der Waals surface area contributed by atoms with Crippen LogP contribution in [-0.4, -0.2) is 23.5 Å². The highest BCUT2D eigenvalue weighted by molar-refractivity contribution is 5.99. The van der Waals surface area contributed by atoms with Gasteiger partial charge < -0.3 is 10.1 Å². The molecule has 0 atom stereocenters. The van der Waals surface area contributed by atoms with Gasteiger partial charge in [0.15, 0.2) is 6.61 Å². The maximum Gasteiger partial charge on any atom is 0.342 e. The van der Waals surface area contributed by atoms with E-state index in [-0.39, 0.29) is 23.9 Å². The lowest BCUT2D eigenvalue weighted by molar-refractivity contribution is -0.114. The second-order valence-corrected chi connectivity index (χ2v) is 2.86. The average molecular weight is 218 g/mol. The monoisotopic (exact) mass is 218 g/mol. The van der Waals surface area contributed by atoms with Crippen molar-refractivity contribution in [1.29, 1.82) is 0 Å². The first kappa shape index (κ1) is 11.7. The van der Waals surface area contributed by atoms with Gasteiger partial charge >= 0.3 is 5.97 Å². The van der Waals surface area contributed by atoms with Gasteiger partial charge in [0.2, 0.25) is 5.91 Å². The fourth-order valence-corrected chi connectivity index (χ4v) is 1.02. The predicted octanol–water partition coefficient (Wildman–Crippen LogP) is 0.830. The van der Waals surface area contributed by atoms with Gasteiger partial charge in [0.05, 0.1) is 0 Å². The van der Waals surface area contributed by atoms with E-state index in [2.05, 4.69) is 16.2 Å². The van der Waals surface area contributed by atoms with Gasteiger partial charge in [-0.15, -0.1) is 6.42 Å². The molecule has 1 amide bonds. The minimum absolute atomic E-state index is 0.118. The lowest BCUT2D eigenvalue weighted by Crippen LogP contribution is -2.14. The number of rotatable bonds is 3. The number of esters is 1. The fourth-order valence-electron chi connectivity index (χ4n) is 1.02. The van der Waals surface area contributed by atoms with Gasteiger partial charge in [-0.25, -0.2) is 9.78 Å². The predicted molar refractivity (Wildman–Crippen MR) is 57.7 cm³/mol. The molecule has 1 rings (SSSR count). The largest absolute Gasteiger partial charge is 0.449 e. The van der Waals surface area contributed by atoms with Crippen molar-refractivity contribution in [3.05, 3.63) is 23.9 Å². The first-order valence-electron chi connectivity index (χ1n) is 4.48. The molecule has 5 nitrogen and oxygen atoms in total. The summed E-state index contributed by atoms with van der Waals surface area (Å²) in [6.07, 6.45) is 6.42. The summed E-state index contributed by atoms with van der Waals surface area (Å²) in [5.74, 6) is 1.41. The molecule has 0 radical (unpaired) electrons. The molecule has 1 N–H and O–H groups in total. The summed E-state index contributed by atoms with van der Waals surface area (Å²) in [6, 6.07) is 3.06. The lowest BCUT2D eigenvalue weighted by atomic mass is 10.2. The Morgan fingerprint density at radius 1 is 1.62 bits per heavy atom. The van der Waals surface area contributed by atoms with Gasteiger partial charge in [-0.3, -0.25) is 4.79 Å². The Morgan fingerprint density at radius 3 is 3.00 bits per heavy atom. The number of nitrogens with one attached hydrogen (secondary N) is 1. The van der Waals surface area contributed by atoms with E-state index in [0.717, 1.165) is 0 Å². The second kappa shape index (κ2) is 5.51. The molecule has 0 saturated carbocycles. The van der Waals surface area contributed by atoms with Crippen LogP contribution in [0.5, 0.6) is 0 Å². The SMILES string of the molecule is C#CCOC(=O)c1cccnc1NC(C)=O. The quantitative estimate of drug-likeness (QED) is 0.602. The molecule has 82 valence electrons. The minimum Gasteiger partial charge on any atom is -0.449 e. The summed E-state index contributed by atoms with van der Waals surface area (Å²) < 4.78 is 4.73. The second-order valence-electron chi connectivity index (χ2n) is 2.86. The summed E-state index contributed by atoms with van der Waals surface area (Å²) in [6.45, 7) is 1.21. The number of ether oxygens (including phenoxy) is 1. The maximum atomic E-state index is 11.5. The lowest BCUT2D eigenvalue weighted by Gasteiger charge is -2.06. The number of pyridine rings is 1. The molecule has 1 aromatic rings. The molecule has 1 aromatic heterocycles. The van der Waals surface area contributed by atoms with Crippen molar-refractivity contribution >= 4 is 17.7 Å². The van der Waals surface area contributed by atoms with Crippen LogP contribution in [0.4, 0.5) is 5.82 Å². The van der Waals surface area contributed by atoms with Gasteiger partial charge in [-0.2, -0.15) is 0 Å². The van der Waals surface area contributed by atoms with Gasteiger partial charge in [0.1, 0.15) is 11.4 Å². The zero-order chi connectivity index (χ0) is 12.0. The highest BCUT2D eigenvalue weighted by Crippen LogP contribution is 2.12. The number of terminal acetylenes is 1. The number of anilines is 1. The van der Waals surface area contributed by atoms with Crippen LogP contribution in [0.15, 0.2) is 18.3 Å². The molecule has 0 fully saturated rings. The third-order valence-electron chi connectivity index (χ3n) is 1.61. The van der Waals surface area contributed by atoms with Gasteiger partial charge in [0.25, 0.3) is 0 Å². The standard InChI is InChI=1S/C11H10N2O3/c1-3-7-16-11(15)9-5-4-6-12-10(9)13-8(2)14/h1,4-6H,7H2,2H3,(H,12,13,14). The molecule has 0 bridgehead atoms. The van der Waals surface area contributed by atoms with Crippen LogP contribution in [0.2, 0.25) is 0 Å². The molecule has 0 aromatic carbocycles. The topological polar surface area (TPSA) is 68.3 Å². The number of nitrogens with zero attached hydrogens (tertiary/aromatic N) is 1. The third-order valence-corrected chi connectivity index (χ3v) is 1.61. The van der Waals surface area contributed by atoms with Gasteiger partial charge in [-0.1, -0.05) is 5.92 Å². The van der Waals surface area contributed by atoms with Crippen LogP contribution in [0.25, 0.3) is 0 Å². The van der Waals surface area contributed by atoms with Crippen molar-refractivity contribution in [2.24, 2.45) is 0 Å². The normalized spacial score (nSPS) is 9.00. The van der Waals surface area contributed by atoms with Crippen molar-refractivity contribution in [2.45, 2.75) is 6.92 Å². The third kappa shape index (κ3) is 3.10. The van der Waals surface area contributed by atoms with E-state index in [0.29, 0.717) is 0 Å². The van der Waals surface area contributed by atoms with Crippen molar-refractivity contribution in [3.8, 4) is 12.3 Å². The van der Waals surface area contributed by atoms with Gasteiger partial charge in [-0.05, 0) is 12.1 Å². The fraction of sp³-hybridized carbons (Fsp3) is 0.182. The Hall–Kier alpha value is -2.35. The minimum atomic E-state index is -0.616. The summed E-state index contributed by atoms with van der Waals surface area (Å²) in [5, 5.41) is 2.43. The average Bonchev–Trinajstić information content (AvgIpc) is 2.26.